The summed E-state index contributed by atoms with van der Waals surface area (Å²) < 4.78 is 0. The zero-order valence-electron chi connectivity index (χ0n) is 18.8. The van der Waals surface area contributed by atoms with Crippen molar-refractivity contribution in [3.63, 3.8) is 0 Å². The van der Waals surface area contributed by atoms with E-state index in [0.29, 0.717) is 27.2 Å². The highest BCUT2D eigenvalue weighted by Crippen LogP contribution is 2.42. The fourth-order valence-electron chi connectivity index (χ4n) is 3.68. The van der Waals surface area contributed by atoms with E-state index in [0.717, 1.165) is 16.7 Å². The van der Waals surface area contributed by atoms with E-state index >= 15 is 0 Å². The molecule has 1 aliphatic heterocycles. The molecule has 0 spiro atoms. The van der Waals surface area contributed by atoms with Crippen LogP contribution >= 0.6 is 35.0 Å². The molecule has 1 N–H and O–H groups in total. The lowest BCUT2D eigenvalue weighted by atomic mass is 10.1. The second kappa shape index (κ2) is 11.0. The lowest BCUT2D eigenvalue weighted by Gasteiger charge is -2.19. The second-order valence-corrected chi connectivity index (χ2v) is 10.1. The van der Waals surface area contributed by atoms with E-state index in [-0.39, 0.29) is 18.0 Å². The highest BCUT2D eigenvalue weighted by atomic mass is 35.5. The molecular weight excluding hydrogens is 501 g/mol. The number of carbonyl (C=O) groups excluding carboxylic acids is 2. The lowest BCUT2D eigenvalue weighted by molar-refractivity contribution is -0.117. The maximum atomic E-state index is 13.6. The van der Waals surface area contributed by atoms with Gasteiger partial charge in [0, 0.05) is 22.3 Å². The highest BCUT2D eigenvalue weighted by Gasteiger charge is 2.41. The van der Waals surface area contributed by atoms with Gasteiger partial charge in [-0.25, -0.2) is 0 Å². The van der Waals surface area contributed by atoms with Crippen LogP contribution in [0.1, 0.15) is 16.7 Å². The molecule has 4 rings (SSSR count). The van der Waals surface area contributed by atoms with E-state index < -0.39 is 11.2 Å². The fourth-order valence-corrected chi connectivity index (χ4v) is 5.37. The zero-order chi connectivity index (χ0) is 24.9. The quantitative estimate of drug-likeness (QED) is 0.316. The van der Waals surface area contributed by atoms with E-state index in [1.54, 1.807) is 30.3 Å². The van der Waals surface area contributed by atoms with Crippen molar-refractivity contribution in [3.05, 3.63) is 110 Å². The number of anilines is 1. The van der Waals surface area contributed by atoms with E-state index in [1.165, 1.54) is 16.7 Å². The second-order valence-electron chi connectivity index (χ2n) is 8.02. The molecule has 1 atom stereocenters. The van der Waals surface area contributed by atoms with Crippen LogP contribution in [0.2, 0.25) is 10.0 Å². The fraction of sp³-hybridized carbons (Fsp3) is 0.148. The first kappa shape index (κ1) is 24.9. The molecule has 1 aliphatic rings. The van der Waals surface area contributed by atoms with Gasteiger partial charge in [0.1, 0.15) is 16.7 Å². The van der Waals surface area contributed by atoms with Crippen molar-refractivity contribution in [1.29, 1.82) is 5.26 Å². The summed E-state index contributed by atoms with van der Waals surface area (Å²) in [4.78, 5) is 28.1. The number of rotatable bonds is 6. The van der Waals surface area contributed by atoms with Crippen LogP contribution in [-0.2, 0) is 22.6 Å². The number of carbonyl (C=O) groups is 2. The van der Waals surface area contributed by atoms with Crippen molar-refractivity contribution in [1.82, 2.24) is 5.32 Å². The molecule has 1 fully saturated rings. The molecule has 0 aliphatic carbocycles. The van der Waals surface area contributed by atoms with Crippen LogP contribution in [-0.4, -0.2) is 17.1 Å². The maximum absolute atomic E-state index is 13.6. The molecule has 0 radical (unpaired) electrons. The Balaban J connectivity index is 1.69. The Hall–Kier alpha value is -3.24. The monoisotopic (exact) mass is 521 g/mol. The molecule has 0 bridgehead atoms. The molecule has 0 saturated carbocycles. The molecule has 3 aromatic carbocycles. The Bertz CT molecular complexity index is 1330. The minimum absolute atomic E-state index is 0.112. The highest BCUT2D eigenvalue weighted by molar-refractivity contribution is 8.05. The molecule has 2 amide bonds. The summed E-state index contributed by atoms with van der Waals surface area (Å²) in [6, 6.07) is 23.9. The third-order valence-corrected chi connectivity index (χ3v) is 7.37. The van der Waals surface area contributed by atoms with Gasteiger partial charge in [0.05, 0.1) is 5.25 Å². The van der Waals surface area contributed by atoms with Crippen LogP contribution in [0.4, 0.5) is 5.69 Å². The van der Waals surface area contributed by atoms with E-state index in [4.69, 9.17) is 23.2 Å². The van der Waals surface area contributed by atoms with Crippen LogP contribution in [0.25, 0.3) is 0 Å². The molecule has 176 valence electrons. The third kappa shape index (κ3) is 5.71. The first-order valence-electron chi connectivity index (χ1n) is 10.8. The zero-order valence-corrected chi connectivity index (χ0v) is 21.1. The predicted octanol–water partition coefficient (Wildman–Crippen LogP) is 6.04. The number of benzene rings is 3. The summed E-state index contributed by atoms with van der Waals surface area (Å²) in [6.07, 6.45) is 0.305. The number of nitrogens with zero attached hydrogens (tertiary/aromatic N) is 2. The van der Waals surface area contributed by atoms with E-state index in [9.17, 15) is 14.9 Å². The van der Waals surface area contributed by atoms with Gasteiger partial charge in [0.2, 0.25) is 5.91 Å². The summed E-state index contributed by atoms with van der Waals surface area (Å²) in [7, 11) is 0. The van der Waals surface area contributed by atoms with Crippen molar-refractivity contribution in [2.24, 2.45) is 0 Å². The first-order valence-corrected chi connectivity index (χ1v) is 12.5. The summed E-state index contributed by atoms with van der Waals surface area (Å²) in [6.45, 7) is 2.21. The molecule has 5 nitrogen and oxygen atoms in total. The summed E-state index contributed by atoms with van der Waals surface area (Å²) in [5, 5.41) is 13.5. The van der Waals surface area contributed by atoms with E-state index in [2.05, 4.69) is 5.32 Å². The summed E-state index contributed by atoms with van der Waals surface area (Å²) in [5.41, 5.74) is 3.14. The minimum Gasteiger partial charge on any atom is -0.347 e. The van der Waals surface area contributed by atoms with Gasteiger partial charge in [-0.3, -0.25) is 14.5 Å². The van der Waals surface area contributed by atoms with Crippen LogP contribution in [0.15, 0.2) is 83.4 Å². The van der Waals surface area contributed by atoms with E-state index in [1.807, 2.05) is 55.5 Å². The largest absolute Gasteiger partial charge is 0.347 e. The SMILES string of the molecule is Cc1ccc(N2C(=O)C(Cc3cc(Cl)ccc3Cl)S/C2=C(/C#N)C(=O)NCc2ccccc2)cc1. The number of amides is 2. The van der Waals surface area contributed by atoms with Gasteiger partial charge in [-0.2, -0.15) is 5.26 Å². The number of thioether (sulfide) groups is 1. The van der Waals surface area contributed by atoms with Gasteiger partial charge in [-0.05, 0) is 54.8 Å². The number of nitriles is 1. The Morgan fingerprint density at radius 2 is 1.80 bits per heavy atom. The number of halogens is 2. The number of aryl methyl sites for hydroxylation is 1. The topological polar surface area (TPSA) is 73.2 Å². The molecular formula is C27H21Cl2N3O2S. The van der Waals surface area contributed by atoms with Crippen LogP contribution in [0.5, 0.6) is 0 Å². The van der Waals surface area contributed by atoms with Crippen molar-refractivity contribution < 1.29 is 9.59 Å². The molecule has 1 saturated heterocycles. The normalized spacial score (nSPS) is 16.7. The summed E-state index contributed by atoms with van der Waals surface area (Å²) in [5.74, 6) is -0.765. The van der Waals surface area contributed by atoms with Gasteiger partial charge < -0.3 is 5.32 Å². The maximum Gasteiger partial charge on any atom is 0.264 e. The standard InChI is InChI=1S/C27H21Cl2N3O2S/c1-17-7-10-21(11-8-17)32-26(34)24(14-19-13-20(28)9-12-23(19)29)35-27(32)22(15-30)25(33)31-16-18-5-3-2-4-6-18/h2-13,24H,14,16H2,1H3,(H,31,33)/b27-22-. The molecule has 3 aromatic rings. The Morgan fingerprint density at radius 1 is 1.09 bits per heavy atom. The predicted molar refractivity (Wildman–Crippen MR) is 141 cm³/mol. The van der Waals surface area contributed by atoms with Crippen molar-refractivity contribution in [2.75, 3.05) is 4.90 Å². The van der Waals surface area contributed by atoms with Gasteiger partial charge in [0.25, 0.3) is 5.91 Å². The summed E-state index contributed by atoms with van der Waals surface area (Å²) >= 11 is 13.7. The van der Waals surface area contributed by atoms with Crippen LogP contribution < -0.4 is 10.2 Å². The van der Waals surface area contributed by atoms with Gasteiger partial charge in [-0.1, -0.05) is 83.0 Å². The molecule has 35 heavy (non-hydrogen) atoms. The van der Waals surface area contributed by atoms with Gasteiger partial charge in [-0.15, -0.1) is 0 Å². The smallest absolute Gasteiger partial charge is 0.264 e. The first-order chi connectivity index (χ1) is 16.9. The van der Waals surface area contributed by atoms with Crippen molar-refractivity contribution in [2.45, 2.75) is 25.1 Å². The molecule has 8 heteroatoms. The van der Waals surface area contributed by atoms with Gasteiger partial charge in [0.15, 0.2) is 0 Å². The van der Waals surface area contributed by atoms with Crippen LogP contribution in [0, 0.1) is 18.3 Å². The third-order valence-electron chi connectivity index (χ3n) is 5.51. The Labute approximate surface area is 218 Å². The number of hydrogen-bond donors (Lipinski definition) is 1. The molecule has 1 heterocycles. The average Bonchev–Trinajstić information content (AvgIpc) is 3.17. The average molecular weight is 522 g/mol. The molecule has 0 aromatic heterocycles. The lowest BCUT2D eigenvalue weighted by Crippen LogP contribution is -2.32. The Kier molecular flexibility index (Phi) is 7.82. The number of hydrogen-bond acceptors (Lipinski definition) is 4. The number of nitrogens with one attached hydrogen (secondary N) is 1. The minimum atomic E-state index is -0.576. The van der Waals surface area contributed by atoms with Crippen molar-refractivity contribution >= 4 is 52.5 Å². The molecule has 1 unspecified atom stereocenters. The Morgan fingerprint density at radius 3 is 2.49 bits per heavy atom. The van der Waals surface area contributed by atoms with Gasteiger partial charge >= 0.3 is 0 Å². The van der Waals surface area contributed by atoms with Crippen molar-refractivity contribution in [3.8, 4) is 6.07 Å². The van der Waals surface area contributed by atoms with Crippen LogP contribution in [0.3, 0.4) is 0 Å².